The van der Waals surface area contributed by atoms with Crippen LogP contribution in [0.1, 0.15) is 19.8 Å². The van der Waals surface area contributed by atoms with Gasteiger partial charge in [-0.25, -0.2) is 0 Å². The fraction of sp³-hybridized carbons (Fsp3) is 0.700. The van der Waals surface area contributed by atoms with Crippen molar-refractivity contribution < 1.29 is 0 Å². The summed E-state index contributed by atoms with van der Waals surface area (Å²) in [6, 6.07) is 0.675. The van der Waals surface area contributed by atoms with E-state index in [0.29, 0.717) is 6.04 Å². The third-order valence-electron chi connectivity index (χ3n) is 2.74. The quantitative estimate of drug-likeness (QED) is 0.875. The van der Waals surface area contributed by atoms with Crippen LogP contribution in [0, 0.1) is 5.92 Å². The molecule has 0 aromatic carbocycles. The lowest BCUT2D eigenvalue weighted by molar-refractivity contribution is 0.463. The molecule has 1 aromatic rings. The third-order valence-corrected chi connectivity index (χ3v) is 3.15. The molecule has 0 aliphatic heterocycles. The lowest BCUT2D eigenvalue weighted by Crippen LogP contribution is -2.31. The second kappa shape index (κ2) is 4.45. The first-order chi connectivity index (χ1) is 6.75. The highest BCUT2D eigenvalue weighted by atomic mass is 79.9. The summed E-state index contributed by atoms with van der Waals surface area (Å²) < 4.78 is 3.00. The summed E-state index contributed by atoms with van der Waals surface area (Å²) in [5, 5.41) is 7.73. The first-order valence-electron chi connectivity index (χ1n) is 5.17. The maximum atomic E-state index is 4.20. The van der Waals surface area contributed by atoms with Gasteiger partial charge in [-0.2, -0.15) is 5.10 Å². The number of nitrogens with zero attached hydrogens (tertiary/aromatic N) is 2. The fourth-order valence-electron chi connectivity index (χ4n) is 1.63. The zero-order chi connectivity index (χ0) is 9.97. The molecule has 0 saturated heterocycles. The van der Waals surface area contributed by atoms with Crippen LogP contribution in [-0.4, -0.2) is 22.4 Å². The number of aromatic nitrogens is 2. The molecule has 3 nitrogen and oxygen atoms in total. The van der Waals surface area contributed by atoms with Crippen LogP contribution >= 0.6 is 15.9 Å². The summed E-state index contributed by atoms with van der Waals surface area (Å²) in [5.41, 5.74) is 0. The number of halogens is 1. The van der Waals surface area contributed by atoms with Crippen molar-refractivity contribution in [2.24, 2.45) is 5.92 Å². The molecule has 0 radical (unpaired) electrons. The molecule has 4 heteroatoms. The van der Waals surface area contributed by atoms with Gasteiger partial charge in [-0.3, -0.25) is 4.68 Å². The van der Waals surface area contributed by atoms with Gasteiger partial charge in [-0.1, -0.05) is 0 Å². The summed E-state index contributed by atoms with van der Waals surface area (Å²) in [6.45, 7) is 4.23. The Kier molecular flexibility index (Phi) is 3.23. The molecule has 1 N–H and O–H groups in total. The van der Waals surface area contributed by atoms with Crippen LogP contribution in [0.5, 0.6) is 0 Å². The Morgan fingerprint density at radius 2 is 2.50 bits per heavy atom. The minimum Gasteiger partial charge on any atom is -0.312 e. The largest absolute Gasteiger partial charge is 0.312 e. The molecule has 1 heterocycles. The fourth-order valence-corrected chi connectivity index (χ4v) is 1.96. The average Bonchev–Trinajstić information content (AvgIpc) is 2.92. The Morgan fingerprint density at radius 1 is 1.71 bits per heavy atom. The van der Waals surface area contributed by atoms with E-state index in [1.54, 1.807) is 0 Å². The smallest absolute Gasteiger partial charge is 0.0632 e. The topological polar surface area (TPSA) is 29.9 Å². The zero-order valence-electron chi connectivity index (χ0n) is 8.41. The van der Waals surface area contributed by atoms with Crippen molar-refractivity contribution in [2.75, 3.05) is 6.54 Å². The maximum absolute atomic E-state index is 4.20. The van der Waals surface area contributed by atoms with Gasteiger partial charge in [0.2, 0.25) is 0 Å². The van der Waals surface area contributed by atoms with E-state index in [1.807, 2.05) is 17.1 Å². The van der Waals surface area contributed by atoms with Gasteiger partial charge in [0.25, 0.3) is 0 Å². The summed E-state index contributed by atoms with van der Waals surface area (Å²) in [7, 11) is 0. The van der Waals surface area contributed by atoms with E-state index in [2.05, 4.69) is 33.3 Å². The summed E-state index contributed by atoms with van der Waals surface area (Å²) in [6.07, 6.45) is 6.64. The zero-order valence-corrected chi connectivity index (χ0v) is 10.00. The van der Waals surface area contributed by atoms with Gasteiger partial charge in [0.05, 0.1) is 17.2 Å². The van der Waals surface area contributed by atoms with Gasteiger partial charge in [-0.15, -0.1) is 0 Å². The number of nitrogens with one attached hydrogen (secondary N) is 1. The molecule has 0 amide bonds. The van der Waals surface area contributed by atoms with Crippen LogP contribution in [0.4, 0.5) is 0 Å². The van der Waals surface area contributed by atoms with Gasteiger partial charge < -0.3 is 5.32 Å². The molecule has 1 aliphatic carbocycles. The molecule has 1 aromatic heterocycles. The third kappa shape index (κ3) is 2.82. The van der Waals surface area contributed by atoms with E-state index in [-0.39, 0.29) is 0 Å². The van der Waals surface area contributed by atoms with Gasteiger partial charge >= 0.3 is 0 Å². The molecule has 1 fully saturated rings. The first kappa shape index (κ1) is 10.2. The van der Waals surface area contributed by atoms with Crippen molar-refractivity contribution >= 4 is 15.9 Å². The van der Waals surface area contributed by atoms with Crippen molar-refractivity contribution in [1.82, 2.24) is 15.1 Å². The Labute approximate surface area is 93.0 Å². The van der Waals surface area contributed by atoms with Crippen LogP contribution in [0.25, 0.3) is 0 Å². The maximum Gasteiger partial charge on any atom is 0.0632 e. The van der Waals surface area contributed by atoms with E-state index >= 15 is 0 Å². The van der Waals surface area contributed by atoms with Crippen LogP contribution in [0.3, 0.4) is 0 Å². The Balaban J connectivity index is 1.67. The number of hydrogen-bond acceptors (Lipinski definition) is 2. The van der Waals surface area contributed by atoms with Gasteiger partial charge in [0, 0.05) is 18.8 Å². The highest BCUT2D eigenvalue weighted by Gasteiger charge is 2.27. The van der Waals surface area contributed by atoms with E-state index in [1.165, 1.54) is 12.8 Å². The van der Waals surface area contributed by atoms with Crippen LogP contribution in [0.15, 0.2) is 16.9 Å². The monoisotopic (exact) mass is 257 g/mol. The van der Waals surface area contributed by atoms with E-state index < -0.39 is 0 Å². The Hall–Kier alpha value is -0.350. The van der Waals surface area contributed by atoms with Crippen molar-refractivity contribution in [3.05, 3.63) is 16.9 Å². The molecule has 0 spiro atoms. The van der Waals surface area contributed by atoms with Gasteiger partial charge in [-0.05, 0) is 41.6 Å². The van der Waals surface area contributed by atoms with Crippen LogP contribution in [0.2, 0.25) is 0 Å². The number of rotatable bonds is 5. The van der Waals surface area contributed by atoms with Gasteiger partial charge in [0.15, 0.2) is 0 Å². The Bertz CT molecular complexity index is 293. The van der Waals surface area contributed by atoms with Crippen molar-refractivity contribution in [1.29, 1.82) is 0 Å². The van der Waals surface area contributed by atoms with Crippen molar-refractivity contribution in [3.8, 4) is 0 Å². The van der Waals surface area contributed by atoms with Crippen LogP contribution in [-0.2, 0) is 6.54 Å². The summed E-state index contributed by atoms with van der Waals surface area (Å²) in [4.78, 5) is 0. The molecule has 78 valence electrons. The average molecular weight is 258 g/mol. The standard InChI is InChI=1S/C10H16BrN3/c1-8(9-2-3-9)12-4-5-14-7-10(11)6-13-14/h6-9,12H,2-5H2,1H3. The van der Waals surface area contributed by atoms with Gasteiger partial charge in [0.1, 0.15) is 0 Å². The Morgan fingerprint density at radius 3 is 3.07 bits per heavy atom. The molecule has 2 rings (SSSR count). The summed E-state index contributed by atoms with van der Waals surface area (Å²) in [5.74, 6) is 0.930. The molecule has 0 bridgehead atoms. The normalized spacial score (nSPS) is 18.4. The lowest BCUT2D eigenvalue weighted by atomic mass is 10.2. The molecular weight excluding hydrogens is 242 g/mol. The molecule has 14 heavy (non-hydrogen) atoms. The predicted octanol–water partition coefficient (Wildman–Crippen LogP) is 2.03. The second-order valence-electron chi connectivity index (χ2n) is 4.00. The highest BCUT2D eigenvalue weighted by Crippen LogP contribution is 2.32. The van der Waals surface area contributed by atoms with E-state index in [0.717, 1.165) is 23.5 Å². The molecule has 1 unspecified atom stereocenters. The minimum atomic E-state index is 0.675. The van der Waals surface area contributed by atoms with Crippen molar-refractivity contribution in [3.63, 3.8) is 0 Å². The molecular formula is C10H16BrN3. The molecule has 1 atom stereocenters. The second-order valence-corrected chi connectivity index (χ2v) is 4.92. The van der Waals surface area contributed by atoms with E-state index in [4.69, 9.17) is 0 Å². The predicted molar refractivity (Wildman–Crippen MR) is 60.1 cm³/mol. The molecule has 1 aliphatic rings. The molecule has 1 saturated carbocycles. The summed E-state index contributed by atoms with van der Waals surface area (Å²) >= 11 is 3.38. The lowest BCUT2D eigenvalue weighted by Gasteiger charge is -2.12. The van der Waals surface area contributed by atoms with Crippen molar-refractivity contribution in [2.45, 2.75) is 32.4 Å². The number of hydrogen-bond donors (Lipinski definition) is 1. The SMILES string of the molecule is CC(NCCn1cc(Br)cn1)C1CC1. The minimum absolute atomic E-state index is 0.675. The van der Waals surface area contributed by atoms with E-state index in [9.17, 15) is 0 Å². The van der Waals surface area contributed by atoms with Crippen LogP contribution < -0.4 is 5.32 Å². The highest BCUT2D eigenvalue weighted by molar-refractivity contribution is 9.10. The first-order valence-corrected chi connectivity index (χ1v) is 5.96.